The smallest absolute Gasteiger partial charge is 0.256 e. The van der Waals surface area contributed by atoms with E-state index in [4.69, 9.17) is 19.3 Å². The molecule has 2 atom stereocenters. The summed E-state index contributed by atoms with van der Waals surface area (Å²) in [6.07, 6.45) is 3.54. The molecule has 6 rings (SSSR count). The first-order valence-corrected chi connectivity index (χ1v) is 13.3. The minimum absolute atomic E-state index is 0.163. The summed E-state index contributed by atoms with van der Waals surface area (Å²) in [7, 11) is 0. The van der Waals surface area contributed by atoms with Crippen LogP contribution in [0, 0.1) is 6.92 Å². The van der Waals surface area contributed by atoms with Crippen molar-refractivity contribution < 1.29 is 18.4 Å². The third-order valence-electron chi connectivity index (χ3n) is 6.50. The van der Waals surface area contributed by atoms with Gasteiger partial charge in [-0.2, -0.15) is 0 Å². The number of aryl methyl sites for hydroxylation is 1. The monoisotopic (exact) mass is 542 g/mol. The molecule has 1 amide bonds. The van der Waals surface area contributed by atoms with Crippen LogP contribution >= 0.6 is 11.3 Å². The molecule has 39 heavy (non-hydrogen) atoms. The van der Waals surface area contributed by atoms with E-state index in [9.17, 15) is 4.79 Å². The van der Waals surface area contributed by atoms with Gasteiger partial charge in [-0.3, -0.25) is 4.79 Å². The number of nitrogens with two attached hydrogens (primary N) is 1. The van der Waals surface area contributed by atoms with Crippen molar-refractivity contribution in [1.29, 1.82) is 0 Å². The van der Waals surface area contributed by atoms with Crippen molar-refractivity contribution >= 4 is 17.2 Å². The predicted molar refractivity (Wildman–Crippen MR) is 143 cm³/mol. The Kier molecular flexibility index (Phi) is 6.55. The number of ether oxygens (including phenoxy) is 1. The number of amides is 1. The Morgan fingerprint density at radius 3 is 2.67 bits per heavy atom. The fraction of sp³-hybridized carbons (Fsp3) is 0.250. The van der Waals surface area contributed by atoms with E-state index in [1.807, 2.05) is 49.6 Å². The van der Waals surface area contributed by atoms with Crippen LogP contribution in [0.2, 0.25) is 0 Å². The van der Waals surface area contributed by atoms with Crippen molar-refractivity contribution in [2.24, 2.45) is 5.73 Å². The summed E-state index contributed by atoms with van der Waals surface area (Å²) in [6, 6.07) is 14.9. The SMILES string of the molecule is Cc1csc([C@H]2COCN2C(=O)c2cc(-c3ncco3)cc(-c3nnc([C@](C)(N)Cc4ccccc4)o3)c2)n1. The molecule has 3 aromatic heterocycles. The molecule has 1 aliphatic rings. The average molecular weight is 543 g/mol. The number of thiazole rings is 1. The Labute approximate surface area is 228 Å². The molecule has 0 unspecified atom stereocenters. The maximum Gasteiger partial charge on any atom is 0.256 e. The van der Waals surface area contributed by atoms with Gasteiger partial charge >= 0.3 is 0 Å². The van der Waals surface area contributed by atoms with Gasteiger partial charge in [0.2, 0.25) is 17.7 Å². The second-order valence-corrected chi connectivity index (χ2v) is 10.6. The van der Waals surface area contributed by atoms with Crippen molar-refractivity contribution in [2.45, 2.75) is 31.8 Å². The van der Waals surface area contributed by atoms with Crippen LogP contribution in [-0.4, -0.2) is 44.3 Å². The van der Waals surface area contributed by atoms with Gasteiger partial charge in [0.1, 0.15) is 24.0 Å². The lowest BCUT2D eigenvalue weighted by molar-refractivity contribution is 0.0659. The predicted octanol–water partition coefficient (Wildman–Crippen LogP) is 4.74. The van der Waals surface area contributed by atoms with Crippen molar-refractivity contribution in [1.82, 2.24) is 25.1 Å². The Balaban J connectivity index is 1.35. The number of hydrogen-bond acceptors (Lipinski definition) is 10. The molecule has 4 heterocycles. The van der Waals surface area contributed by atoms with E-state index < -0.39 is 5.54 Å². The van der Waals surface area contributed by atoms with Crippen molar-refractivity contribution in [3.8, 4) is 22.9 Å². The largest absolute Gasteiger partial charge is 0.445 e. The molecule has 0 saturated carbocycles. The topological polar surface area (TPSA) is 133 Å². The number of aromatic nitrogens is 4. The van der Waals surface area contributed by atoms with Gasteiger partial charge < -0.3 is 24.2 Å². The lowest BCUT2D eigenvalue weighted by atomic mass is 9.94. The molecular formula is C28H26N6O4S. The minimum atomic E-state index is -0.891. The van der Waals surface area contributed by atoms with Gasteiger partial charge in [-0.15, -0.1) is 21.5 Å². The van der Waals surface area contributed by atoms with Gasteiger partial charge in [-0.25, -0.2) is 9.97 Å². The van der Waals surface area contributed by atoms with Gasteiger partial charge in [-0.05, 0) is 44.0 Å². The highest BCUT2D eigenvalue weighted by Crippen LogP contribution is 2.33. The molecule has 1 aliphatic heterocycles. The number of carbonyl (C=O) groups excluding carboxylic acids is 1. The van der Waals surface area contributed by atoms with Crippen molar-refractivity contribution in [2.75, 3.05) is 13.3 Å². The number of hydrogen-bond donors (Lipinski definition) is 1. The number of oxazole rings is 1. The molecule has 1 fully saturated rings. The van der Waals surface area contributed by atoms with Crippen molar-refractivity contribution in [3.05, 3.63) is 94.1 Å². The third-order valence-corrected chi connectivity index (χ3v) is 7.56. The normalized spacial score (nSPS) is 16.9. The quantitative estimate of drug-likeness (QED) is 0.309. The number of benzene rings is 2. The van der Waals surface area contributed by atoms with Crippen LogP contribution in [-0.2, 0) is 16.7 Å². The van der Waals surface area contributed by atoms with Crippen LogP contribution < -0.4 is 5.73 Å². The lowest BCUT2D eigenvalue weighted by Gasteiger charge is -2.21. The van der Waals surface area contributed by atoms with Gasteiger partial charge in [-0.1, -0.05) is 30.3 Å². The van der Waals surface area contributed by atoms with Crippen LogP contribution in [0.3, 0.4) is 0 Å². The molecular weight excluding hydrogens is 516 g/mol. The summed E-state index contributed by atoms with van der Waals surface area (Å²) >= 11 is 1.51. The van der Waals surface area contributed by atoms with E-state index in [1.54, 1.807) is 29.3 Å². The fourth-order valence-electron chi connectivity index (χ4n) is 4.57. The number of rotatable bonds is 7. The lowest BCUT2D eigenvalue weighted by Crippen LogP contribution is -2.35. The second kappa shape index (κ2) is 10.2. The Morgan fingerprint density at radius 1 is 1.15 bits per heavy atom. The average Bonchev–Trinajstić information content (AvgIpc) is 3.74. The summed E-state index contributed by atoms with van der Waals surface area (Å²) < 4.78 is 17.3. The number of nitrogens with zero attached hydrogens (tertiary/aromatic N) is 5. The molecule has 0 radical (unpaired) electrons. The van der Waals surface area contributed by atoms with Crippen LogP contribution in [0.1, 0.15) is 45.5 Å². The first-order chi connectivity index (χ1) is 18.9. The van der Waals surface area contributed by atoms with E-state index >= 15 is 0 Å². The summed E-state index contributed by atoms with van der Waals surface area (Å²) in [4.78, 5) is 24.3. The highest BCUT2D eigenvalue weighted by molar-refractivity contribution is 7.09. The van der Waals surface area contributed by atoms with E-state index in [2.05, 4.69) is 20.2 Å². The molecule has 5 aromatic rings. The molecule has 1 saturated heterocycles. The third kappa shape index (κ3) is 5.11. The Bertz CT molecular complexity index is 1600. The van der Waals surface area contributed by atoms with Gasteiger partial charge in [0.15, 0.2) is 0 Å². The first-order valence-electron chi connectivity index (χ1n) is 12.4. The molecule has 198 valence electrons. The van der Waals surface area contributed by atoms with E-state index in [-0.39, 0.29) is 24.6 Å². The summed E-state index contributed by atoms with van der Waals surface area (Å²) in [5.41, 5.74) is 9.23. The van der Waals surface area contributed by atoms with Crippen LogP contribution in [0.25, 0.3) is 22.9 Å². The second-order valence-electron chi connectivity index (χ2n) is 9.75. The summed E-state index contributed by atoms with van der Waals surface area (Å²) in [5.74, 6) is 0.681. The van der Waals surface area contributed by atoms with Gasteiger partial charge in [0.05, 0.1) is 18.3 Å². The number of carbonyl (C=O) groups is 1. The van der Waals surface area contributed by atoms with Crippen LogP contribution in [0.4, 0.5) is 0 Å². The fourth-order valence-corrected chi connectivity index (χ4v) is 5.46. The van der Waals surface area contributed by atoms with Gasteiger partial charge in [0.25, 0.3) is 5.91 Å². The molecule has 2 aromatic carbocycles. The molecule has 11 heteroatoms. The maximum atomic E-state index is 13.8. The molecule has 0 aliphatic carbocycles. The standard InChI is InChI=1S/C28H26N6O4S/c1-17-15-39-25(31-17)22-14-36-16-34(22)26(35)21-11-19(23-30-8-9-37-23)10-20(12-21)24-32-33-27(38-24)28(2,29)13-18-6-4-3-5-7-18/h3-12,15,22H,13-14,16,29H2,1-2H3/t22-,28-/m1/s1. The zero-order valence-corrected chi connectivity index (χ0v) is 22.2. The first kappa shape index (κ1) is 25.1. The molecule has 0 bridgehead atoms. The van der Waals surface area contributed by atoms with Crippen LogP contribution in [0.5, 0.6) is 0 Å². The van der Waals surface area contributed by atoms with Crippen molar-refractivity contribution in [3.63, 3.8) is 0 Å². The highest BCUT2D eigenvalue weighted by atomic mass is 32.1. The van der Waals surface area contributed by atoms with Crippen LogP contribution in [0.15, 0.2) is 75.2 Å². The molecule has 0 spiro atoms. The summed E-state index contributed by atoms with van der Waals surface area (Å²) in [5, 5.41) is 11.3. The van der Waals surface area contributed by atoms with E-state index in [1.165, 1.54) is 17.6 Å². The van der Waals surface area contributed by atoms with E-state index in [0.717, 1.165) is 16.3 Å². The maximum absolute atomic E-state index is 13.8. The highest BCUT2D eigenvalue weighted by Gasteiger charge is 2.34. The molecule has 10 nitrogen and oxygen atoms in total. The minimum Gasteiger partial charge on any atom is -0.445 e. The Hall–Kier alpha value is -4.19. The molecule has 2 N–H and O–H groups in total. The Morgan fingerprint density at radius 2 is 1.95 bits per heavy atom. The zero-order chi connectivity index (χ0) is 27.0. The summed E-state index contributed by atoms with van der Waals surface area (Å²) in [6.45, 7) is 4.33. The van der Waals surface area contributed by atoms with Gasteiger partial charge in [0, 0.05) is 27.8 Å². The van der Waals surface area contributed by atoms with E-state index in [0.29, 0.717) is 41.5 Å². The zero-order valence-electron chi connectivity index (χ0n) is 21.4.